The van der Waals surface area contributed by atoms with E-state index in [0.29, 0.717) is 10.1 Å². The SMILES string of the molecule is COc1nc(C)c(C=O)s1. The summed E-state index contributed by atoms with van der Waals surface area (Å²) in [5, 5.41) is 0.541. The molecule has 0 radical (unpaired) electrons. The number of rotatable bonds is 2. The van der Waals surface area contributed by atoms with Crippen molar-refractivity contribution < 1.29 is 9.53 Å². The Bertz CT molecular complexity index is 244. The van der Waals surface area contributed by atoms with Crippen LogP contribution in [0.15, 0.2) is 0 Å². The number of aromatic nitrogens is 1. The van der Waals surface area contributed by atoms with E-state index in [-0.39, 0.29) is 0 Å². The second kappa shape index (κ2) is 2.79. The van der Waals surface area contributed by atoms with Gasteiger partial charge in [-0.05, 0) is 6.92 Å². The smallest absolute Gasteiger partial charge is 0.273 e. The van der Waals surface area contributed by atoms with Gasteiger partial charge in [-0.2, -0.15) is 0 Å². The average Bonchev–Trinajstić information content (AvgIpc) is 2.30. The Kier molecular flexibility index (Phi) is 2.01. The predicted molar refractivity (Wildman–Crippen MR) is 38.8 cm³/mol. The van der Waals surface area contributed by atoms with E-state index < -0.39 is 0 Å². The first-order valence-electron chi connectivity index (χ1n) is 2.74. The molecule has 0 saturated heterocycles. The maximum atomic E-state index is 10.3. The second-order valence-corrected chi connectivity index (χ2v) is 2.74. The molecule has 0 aliphatic rings. The summed E-state index contributed by atoms with van der Waals surface area (Å²) in [6, 6.07) is 0. The molecule has 0 spiro atoms. The molecule has 0 aromatic carbocycles. The first-order valence-corrected chi connectivity index (χ1v) is 3.56. The Balaban J connectivity index is 3.03. The Morgan fingerprint density at radius 1 is 1.70 bits per heavy atom. The number of thiazole rings is 1. The summed E-state index contributed by atoms with van der Waals surface area (Å²) in [4.78, 5) is 14.9. The minimum absolute atomic E-state index is 0.541. The lowest BCUT2D eigenvalue weighted by Gasteiger charge is -1.85. The molecule has 1 aromatic rings. The van der Waals surface area contributed by atoms with Gasteiger partial charge in [0.1, 0.15) is 0 Å². The van der Waals surface area contributed by atoms with E-state index in [9.17, 15) is 4.79 Å². The van der Waals surface area contributed by atoms with Crippen molar-refractivity contribution in [1.82, 2.24) is 4.98 Å². The third kappa shape index (κ3) is 1.16. The molecule has 0 aliphatic carbocycles. The molecule has 3 nitrogen and oxygen atoms in total. The number of hydrogen-bond donors (Lipinski definition) is 0. The van der Waals surface area contributed by atoms with Gasteiger partial charge in [0, 0.05) is 0 Å². The van der Waals surface area contributed by atoms with Gasteiger partial charge in [0.15, 0.2) is 6.29 Å². The lowest BCUT2D eigenvalue weighted by molar-refractivity contribution is 0.112. The molecule has 0 amide bonds. The van der Waals surface area contributed by atoms with Crippen molar-refractivity contribution in [2.24, 2.45) is 0 Å². The van der Waals surface area contributed by atoms with Crippen LogP contribution in [0.4, 0.5) is 0 Å². The molecular weight excluding hydrogens is 150 g/mol. The van der Waals surface area contributed by atoms with Gasteiger partial charge in [0.05, 0.1) is 17.7 Å². The van der Waals surface area contributed by atoms with Gasteiger partial charge < -0.3 is 4.74 Å². The summed E-state index contributed by atoms with van der Waals surface area (Å²) < 4.78 is 4.83. The van der Waals surface area contributed by atoms with Crippen LogP contribution in [0.25, 0.3) is 0 Å². The zero-order valence-corrected chi connectivity index (χ0v) is 6.57. The normalized spacial score (nSPS) is 9.40. The minimum atomic E-state index is 0.541. The number of hydrogen-bond acceptors (Lipinski definition) is 4. The maximum absolute atomic E-state index is 10.3. The lowest BCUT2D eigenvalue weighted by Crippen LogP contribution is -1.80. The Hall–Kier alpha value is -0.900. The number of aldehydes is 1. The highest BCUT2D eigenvalue weighted by Gasteiger charge is 2.04. The first kappa shape index (κ1) is 7.21. The fraction of sp³-hybridized carbons (Fsp3) is 0.333. The molecule has 0 fully saturated rings. The monoisotopic (exact) mass is 157 g/mol. The molecule has 10 heavy (non-hydrogen) atoms. The van der Waals surface area contributed by atoms with Gasteiger partial charge in [-0.3, -0.25) is 4.79 Å². The fourth-order valence-corrected chi connectivity index (χ4v) is 1.27. The zero-order chi connectivity index (χ0) is 7.56. The third-order valence-corrected chi connectivity index (χ3v) is 2.14. The van der Waals surface area contributed by atoms with Gasteiger partial charge in [-0.25, -0.2) is 4.98 Å². The van der Waals surface area contributed by atoms with Crippen LogP contribution in [0, 0.1) is 6.92 Å². The highest BCUT2D eigenvalue weighted by Crippen LogP contribution is 2.21. The van der Waals surface area contributed by atoms with Crippen LogP contribution in [-0.4, -0.2) is 18.4 Å². The van der Waals surface area contributed by atoms with E-state index >= 15 is 0 Å². The van der Waals surface area contributed by atoms with Crippen molar-refractivity contribution in [2.45, 2.75) is 6.92 Å². The summed E-state index contributed by atoms with van der Waals surface area (Å²) in [6.45, 7) is 1.78. The van der Waals surface area contributed by atoms with Crippen LogP contribution >= 0.6 is 11.3 Å². The minimum Gasteiger partial charge on any atom is -0.473 e. The van der Waals surface area contributed by atoms with Gasteiger partial charge in [0.2, 0.25) is 0 Å². The van der Waals surface area contributed by atoms with Crippen molar-refractivity contribution >= 4 is 17.6 Å². The molecule has 4 heteroatoms. The van der Waals surface area contributed by atoms with Gasteiger partial charge in [-0.1, -0.05) is 11.3 Å². The van der Waals surface area contributed by atoms with Crippen LogP contribution < -0.4 is 4.74 Å². The van der Waals surface area contributed by atoms with Gasteiger partial charge in [0.25, 0.3) is 5.19 Å². The van der Waals surface area contributed by atoms with E-state index in [1.807, 2.05) is 0 Å². The van der Waals surface area contributed by atoms with Crippen molar-refractivity contribution in [3.05, 3.63) is 10.6 Å². The van der Waals surface area contributed by atoms with Crippen molar-refractivity contribution in [3.63, 3.8) is 0 Å². The number of nitrogens with zero attached hydrogens (tertiary/aromatic N) is 1. The lowest BCUT2D eigenvalue weighted by atomic mass is 10.4. The maximum Gasteiger partial charge on any atom is 0.273 e. The number of methoxy groups -OCH3 is 1. The first-order chi connectivity index (χ1) is 4.77. The van der Waals surface area contributed by atoms with Crippen LogP contribution in [0.5, 0.6) is 5.19 Å². The average molecular weight is 157 g/mol. The van der Waals surface area contributed by atoms with E-state index in [0.717, 1.165) is 12.0 Å². The van der Waals surface area contributed by atoms with Crippen molar-refractivity contribution in [1.29, 1.82) is 0 Å². The molecule has 0 N–H and O–H groups in total. The standard InChI is InChI=1S/C6H7NO2S/c1-4-5(3-8)10-6(7-4)9-2/h3H,1-2H3. The van der Waals surface area contributed by atoms with Gasteiger partial charge >= 0.3 is 0 Å². The summed E-state index contributed by atoms with van der Waals surface area (Å²) in [5.74, 6) is 0. The summed E-state index contributed by atoms with van der Waals surface area (Å²) in [6.07, 6.45) is 0.787. The number of carbonyl (C=O) groups is 1. The Labute approximate surface area is 62.7 Å². The molecule has 0 unspecified atom stereocenters. The van der Waals surface area contributed by atoms with Crippen molar-refractivity contribution in [3.8, 4) is 5.19 Å². The van der Waals surface area contributed by atoms with Crippen LogP contribution in [0.1, 0.15) is 15.4 Å². The fourth-order valence-electron chi connectivity index (χ4n) is 0.579. The molecule has 1 rings (SSSR count). The summed E-state index contributed by atoms with van der Waals surface area (Å²) in [5.41, 5.74) is 0.733. The molecule has 0 saturated carbocycles. The van der Waals surface area contributed by atoms with Gasteiger partial charge in [-0.15, -0.1) is 0 Å². The predicted octanol–water partition coefficient (Wildman–Crippen LogP) is 1.27. The molecule has 54 valence electrons. The van der Waals surface area contributed by atoms with Crippen molar-refractivity contribution in [2.75, 3.05) is 7.11 Å². The molecule has 0 atom stereocenters. The summed E-state index contributed by atoms with van der Waals surface area (Å²) in [7, 11) is 1.53. The molecule has 1 heterocycles. The Morgan fingerprint density at radius 3 is 2.70 bits per heavy atom. The highest BCUT2D eigenvalue weighted by molar-refractivity contribution is 7.15. The number of aryl methyl sites for hydroxylation is 1. The van der Waals surface area contributed by atoms with E-state index in [1.165, 1.54) is 18.4 Å². The van der Waals surface area contributed by atoms with Crippen LogP contribution in [0.2, 0.25) is 0 Å². The largest absolute Gasteiger partial charge is 0.473 e. The molecule has 0 bridgehead atoms. The second-order valence-electron chi connectivity index (χ2n) is 1.75. The molecular formula is C6H7NO2S. The zero-order valence-electron chi connectivity index (χ0n) is 5.75. The molecule has 1 aromatic heterocycles. The van der Waals surface area contributed by atoms with E-state index in [4.69, 9.17) is 4.74 Å². The quantitative estimate of drug-likeness (QED) is 0.607. The topological polar surface area (TPSA) is 39.2 Å². The number of carbonyl (C=O) groups excluding carboxylic acids is 1. The van der Waals surface area contributed by atoms with E-state index in [1.54, 1.807) is 6.92 Å². The van der Waals surface area contributed by atoms with Crippen LogP contribution in [-0.2, 0) is 0 Å². The third-order valence-electron chi connectivity index (χ3n) is 1.09. The highest BCUT2D eigenvalue weighted by atomic mass is 32.1. The number of ether oxygens (including phenoxy) is 1. The Morgan fingerprint density at radius 2 is 2.40 bits per heavy atom. The summed E-state index contributed by atoms with van der Waals surface area (Å²) >= 11 is 1.26. The molecule has 0 aliphatic heterocycles. The van der Waals surface area contributed by atoms with Crippen LogP contribution in [0.3, 0.4) is 0 Å². The van der Waals surface area contributed by atoms with E-state index in [2.05, 4.69) is 4.98 Å².